The number of benzene rings is 3. The number of piperazine rings is 1. The summed E-state index contributed by atoms with van der Waals surface area (Å²) in [5.41, 5.74) is 2.32. The number of carbonyl (C=O) groups excluding carboxylic acids is 2. The maximum atomic E-state index is 13.0. The Bertz CT molecular complexity index is 1170. The quantitative estimate of drug-likeness (QED) is 0.567. The van der Waals surface area contributed by atoms with Gasteiger partial charge < -0.3 is 15.1 Å². The highest BCUT2D eigenvalue weighted by Gasteiger charge is 2.30. The van der Waals surface area contributed by atoms with Gasteiger partial charge in [-0.3, -0.25) is 9.59 Å². The molecular weight excluding hydrogens is 443 g/mol. The summed E-state index contributed by atoms with van der Waals surface area (Å²) in [7, 11) is 0. The first-order valence-electron chi connectivity index (χ1n) is 10.9. The van der Waals surface area contributed by atoms with Gasteiger partial charge in [-0.15, -0.1) is 0 Å². The lowest BCUT2D eigenvalue weighted by Crippen LogP contribution is -2.48. The number of halogens is 3. The topological polar surface area (TPSA) is 52.7 Å². The fourth-order valence-corrected chi connectivity index (χ4v) is 4.01. The summed E-state index contributed by atoms with van der Waals surface area (Å²) in [5, 5.41) is 2.87. The molecule has 3 aromatic rings. The van der Waals surface area contributed by atoms with Gasteiger partial charge in [-0.05, 0) is 53.6 Å². The van der Waals surface area contributed by atoms with Crippen LogP contribution in [-0.2, 0) is 11.0 Å². The van der Waals surface area contributed by atoms with Gasteiger partial charge in [-0.2, -0.15) is 13.2 Å². The van der Waals surface area contributed by atoms with Crippen LogP contribution in [0.2, 0.25) is 0 Å². The second-order valence-corrected chi connectivity index (χ2v) is 8.11. The summed E-state index contributed by atoms with van der Waals surface area (Å²) < 4.78 is 38.7. The Morgan fingerprint density at radius 3 is 2.03 bits per heavy atom. The van der Waals surface area contributed by atoms with Crippen molar-refractivity contribution in [3.63, 3.8) is 0 Å². The molecule has 1 aliphatic heterocycles. The van der Waals surface area contributed by atoms with Crippen LogP contribution in [0.3, 0.4) is 0 Å². The van der Waals surface area contributed by atoms with E-state index in [4.69, 9.17) is 0 Å². The van der Waals surface area contributed by atoms with Crippen molar-refractivity contribution in [1.29, 1.82) is 0 Å². The van der Waals surface area contributed by atoms with Gasteiger partial charge >= 0.3 is 6.18 Å². The molecule has 0 saturated carbocycles. The fraction of sp³-hybridized carbons (Fsp3) is 0.231. The Kier molecular flexibility index (Phi) is 6.58. The highest BCUT2D eigenvalue weighted by molar-refractivity contribution is 6.08. The molecule has 1 N–H and O–H groups in total. The summed E-state index contributed by atoms with van der Waals surface area (Å²) in [6.07, 6.45) is -4.41. The lowest BCUT2D eigenvalue weighted by Gasteiger charge is -2.35. The Morgan fingerprint density at radius 1 is 0.824 bits per heavy atom. The zero-order chi connectivity index (χ0) is 24.3. The van der Waals surface area contributed by atoms with E-state index in [0.717, 1.165) is 30.9 Å². The van der Waals surface area contributed by atoms with E-state index >= 15 is 0 Å². The van der Waals surface area contributed by atoms with Crippen molar-refractivity contribution in [3.8, 4) is 11.1 Å². The van der Waals surface area contributed by atoms with E-state index in [1.807, 2.05) is 29.2 Å². The number of hydrogen-bond acceptors (Lipinski definition) is 3. The van der Waals surface area contributed by atoms with E-state index in [0.29, 0.717) is 35.5 Å². The molecule has 0 aliphatic carbocycles. The average Bonchev–Trinajstić information content (AvgIpc) is 2.84. The van der Waals surface area contributed by atoms with Gasteiger partial charge in [0.25, 0.3) is 5.91 Å². The molecule has 0 spiro atoms. The number of hydrogen-bond donors (Lipinski definition) is 1. The highest BCUT2D eigenvalue weighted by atomic mass is 19.4. The molecule has 0 aromatic heterocycles. The first-order chi connectivity index (χ1) is 16.2. The zero-order valence-corrected chi connectivity index (χ0v) is 18.6. The lowest BCUT2D eigenvalue weighted by molar-refractivity contribution is -0.137. The van der Waals surface area contributed by atoms with Gasteiger partial charge in [0.2, 0.25) is 5.91 Å². The van der Waals surface area contributed by atoms with E-state index in [-0.39, 0.29) is 11.8 Å². The predicted octanol–water partition coefficient (Wildman–Crippen LogP) is 5.29. The van der Waals surface area contributed by atoms with Crippen LogP contribution < -0.4 is 10.2 Å². The molecule has 0 unspecified atom stereocenters. The summed E-state index contributed by atoms with van der Waals surface area (Å²) in [6.45, 7) is 4.41. The molecule has 1 aliphatic rings. The molecule has 3 aromatic carbocycles. The van der Waals surface area contributed by atoms with Crippen molar-refractivity contribution < 1.29 is 22.8 Å². The van der Waals surface area contributed by atoms with Gasteiger partial charge in [0, 0.05) is 50.0 Å². The first-order valence-corrected chi connectivity index (χ1v) is 10.9. The second kappa shape index (κ2) is 9.59. The van der Waals surface area contributed by atoms with Crippen LogP contribution in [-0.4, -0.2) is 42.9 Å². The minimum Gasteiger partial charge on any atom is -0.368 e. The molecule has 8 heteroatoms. The Morgan fingerprint density at radius 2 is 1.44 bits per heavy atom. The maximum Gasteiger partial charge on any atom is 0.416 e. The number of alkyl halides is 3. The van der Waals surface area contributed by atoms with Crippen molar-refractivity contribution in [1.82, 2.24) is 4.90 Å². The molecule has 34 heavy (non-hydrogen) atoms. The largest absolute Gasteiger partial charge is 0.416 e. The molecule has 2 amide bonds. The average molecular weight is 467 g/mol. The summed E-state index contributed by atoms with van der Waals surface area (Å²) in [6, 6.07) is 19.0. The SMILES string of the molecule is CC(=O)N1CCN(c2ccc(NC(=O)c3ccccc3-c3ccc(C(F)(F)F)cc3)cc2)CC1. The van der Waals surface area contributed by atoms with Crippen LogP contribution in [0.25, 0.3) is 11.1 Å². The molecule has 1 saturated heterocycles. The first kappa shape index (κ1) is 23.4. The van der Waals surface area contributed by atoms with Crippen molar-refractivity contribution in [2.45, 2.75) is 13.1 Å². The molecule has 176 valence electrons. The van der Waals surface area contributed by atoms with Crippen molar-refractivity contribution in [2.24, 2.45) is 0 Å². The van der Waals surface area contributed by atoms with E-state index in [1.54, 1.807) is 31.2 Å². The predicted molar refractivity (Wildman–Crippen MR) is 126 cm³/mol. The van der Waals surface area contributed by atoms with Crippen molar-refractivity contribution in [3.05, 3.63) is 83.9 Å². The fourth-order valence-electron chi connectivity index (χ4n) is 4.01. The molecule has 1 fully saturated rings. The molecule has 5 nitrogen and oxygen atoms in total. The number of nitrogens with zero attached hydrogens (tertiary/aromatic N) is 2. The number of amides is 2. The van der Waals surface area contributed by atoms with Crippen LogP contribution in [0.5, 0.6) is 0 Å². The van der Waals surface area contributed by atoms with E-state index in [9.17, 15) is 22.8 Å². The van der Waals surface area contributed by atoms with Crippen LogP contribution in [0.4, 0.5) is 24.5 Å². The van der Waals surface area contributed by atoms with Crippen molar-refractivity contribution >= 4 is 23.2 Å². The van der Waals surface area contributed by atoms with E-state index < -0.39 is 11.7 Å². The van der Waals surface area contributed by atoms with Gasteiger partial charge in [-0.1, -0.05) is 30.3 Å². The van der Waals surface area contributed by atoms with Crippen LogP contribution in [0, 0.1) is 0 Å². The standard InChI is InChI=1S/C26H24F3N3O2/c1-18(33)31-14-16-32(17-15-31)22-12-10-21(11-13-22)30-25(34)24-5-3-2-4-23(24)19-6-8-20(9-7-19)26(27,28)29/h2-13H,14-17H2,1H3,(H,30,34). The minimum absolute atomic E-state index is 0.0780. The Hall–Kier alpha value is -3.81. The highest BCUT2D eigenvalue weighted by Crippen LogP contribution is 2.32. The molecule has 1 heterocycles. The van der Waals surface area contributed by atoms with Crippen LogP contribution >= 0.6 is 0 Å². The zero-order valence-electron chi connectivity index (χ0n) is 18.6. The monoisotopic (exact) mass is 467 g/mol. The molecule has 0 radical (unpaired) electrons. The number of anilines is 2. The lowest BCUT2D eigenvalue weighted by atomic mass is 9.98. The molecule has 4 rings (SSSR count). The normalized spacial score (nSPS) is 14.1. The third-order valence-electron chi connectivity index (χ3n) is 5.91. The minimum atomic E-state index is -4.41. The summed E-state index contributed by atoms with van der Waals surface area (Å²) in [4.78, 5) is 28.5. The third kappa shape index (κ3) is 5.22. The van der Waals surface area contributed by atoms with Crippen LogP contribution in [0.1, 0.15) is 22.8 Å². The van der Waals surface area contributed by atoms with Crippen molar-refractivity contribution in [2.75, 3.05) is 36.4 Å². The molecular formula is C26H24F3N3O2. The Balaban J connectivity index is 1.46. The number of carbonyl (C=O) groups is 2. The summed E-state index contributed by atoms with van der Waals surface area (Å²) >= 11 is 0. The second-order valence-electron chi connectivity index (χ2n) is 8.11. The molecule has 0 atom stereocenters. The van der Waals surface area contributed by atoms with E-state index in [2.05, 4.69) is 10.2 Å². The van der Waals surface area contributed by atoms with Gasteiger partial charge in [0.15, 0.2) is 0 Å². The van der Waals surface area contributed by atoms with Gasteiger partial charge in [-0.25, -0.2) is 0 Å². The maximum absolute atomic E-state index is 13.0. The van der Waals surface area contributed by atoms with E-state index in [1.165, 1.54) is 12.1 Å². The smallest absolute Gasteiger partial charge is 0.368 e. The number of nitrogens with one attached hydrogen (secondary N) is 1. The number of rotatable bonds is 4. The summed E-state index contributed by atoms with van der Waals surface area (Å²) in [5.74, 6) is -0.271. The van der Waals surface area contributed by atoms with Gasteiger partial charge in [0.05, 0.1) is 5.56 Å². The van der Waals surface area contributed by atoms with Crippen LogP contribution in [0.15, 0.2) is 72.8 Å². The Labute approximate surface area is 195 Å². The van der Waals surface area contributed by atoms with Gasteiger partial charge in [0.1, 0.15) is 0 Å². The molecule has 0 bridgehead atoms. The third-order valence-corrected chi connectivity index (χ3v) is 5.91.